The monoisotopic (exact) mass is 455 g/mol. The Kier molecular flexibility index (Phi) is 5.09. The van der Waals surface area contributed by atoms with E-state index in [-0.39, 0.29) is 28.0 Å². The van der Waals surface area contributed by atoms with E-state index in [0.717, 1.165) is 16.4 Å². The second-order valence-corrected chi connectivity index (χ2v) is 10.3. The molecule has 2 aromatic carbocycles. The highest BCUT2D eigenvalue weighted by Crippen LogP contribution is 2.43. The zero-order chi connectivity index (χ0) is 21.7. The van der Waals surface area contributed by atoms with Crippen molar-refractivity contribution < 1.29 is 26.0 Å². The molecule has 0 saturated heterocycles. The first-order chi connectivity index (χ1) is 14.1. The fraction of sp³-hybridized carbons (Fsp3) is 0.250. The molecule has 5 nitrogen and oxygen atoms in total. The van der Waals surface area contributed by atoms with Gasteiger partial charge < -0.3 is 4.42 Å². The van der Waals surface area contributed by atoms with E-state index in [4.69, 9.17) is 4.42 Å². The maximum atomic E-state index is 13.4. The lowest BCUT2D eigenvalue weighted by Gasteiger charge is -2.25. The van der Waals surface area contributed by atoms with Crippen LogP contribution < -0.4 is 9.93 Å². The van der Waals surface area contributed by atoms with Crippen molar-refractivity contribution in [2.75, 3.05) is 10.8 Å². The summed E-state index contributed by atoms with van der Waals surface area (Å²) in [6, 6.07) is 9.79. The summed E-state index contributed by atoms with van der Waals surface area (Å²) < 4.78 is 72.7. The summed E-state index contributed by atoms with van der Waals surface area (Å²) in [7, 11) is -4.15. The summed E-state index contributed by atoms with van der Waals surface area (Å²) in [6.07, 6.45) is -4.12. The Bertz CT molecular complexity index is 1290. The van der Waals surface area contributed by atoms with Gasteiger partial charge in [0.15, 0.2) is 0 Å². The Balaban J connectivity index is 1.86. The third kappa shape index (κ3) is 3.81. The number of thioether (sulfide) groups is 1. The second kappa shape index (κ2) is 7.35. The predicted octanol–water partition coefficient (Wildman–Crippen LogP) is 4.89. The molecule has 1 aliphatic rings. The predicted molar refractivity (Wildman–Crippen MR) is 108 cm³/mol. The standard InChI is InChI=1S/C20H16F3NO4S2/c1-12-8-9-24(16-11-14(20(21,22)23)3-6-18(16)29-12)30(26,27)15-4-5-17-13(10-15)2-7-19(25)28-17/h2-7,10-12H,8-9H2,1H3/t12-/m0/s1. The largest absolute Gasteiger partial charge is 0.423 e. The SMILES string of the molecule is C[C@H]1CCN(S(=O)(=O)c2ccc3oc(=O)ccc3c2)c2cc(C(F)(F)F)ccc2S1. The van der Waals surface area contributed by atoms with Crippen LogP contribution in [-0.4, -0.2) is 20.2 Å². The molecule has 1 atom stereocenters. The fourth-order valence-electron chi connectivity index (χ4n) is 3.27. The van der Waals surface area contributed by atoms with Crippen molar-refractivity contribution in [3.63, 3.8) is 0 Å². The number of alkyl halides is 3. The van der Waals surface area contributed by atoms with E-state index in [1.54, 1.807) is 0 Å². The molecular weight excluding hydrogens is 439 g/mol. The van der Waals surface area contributed by atoms with E-state index < -0.39 is 27.4 Å². The van der Waals surface area contributed by atoms with E-state index in [1.807, 2.05) is 6.92 Å². The van der Waals surface area contributed by atoms with Gasteiger partial charge in [-0.15, -0.1) is 11.8 Å². The lowest BCUT2D eigenvalue weighted by Crippen LogP contribution is -2.32. The number of nitrogens with zero attached hydrogens (tertiary/aromatic N) is 1. The quantitative estimate of drug-likeness (QED) is 0.515. The lowest BCUT2D eigenvalue weighted by molar-refractivity contribution is -0.137. The topological polar surface area (TPSA) is 67.6 Å². The Morgan fingerprint density at radius 2 is 1.87 bits per heavy atom. The van der Waals surface area contributed by atoms with Crippen LogP contribution >= 0.6 is 11.8 Å². The highest BCUT2D eigenvalue weighted by Gasteiger charge is 2.35. The molecule has 4 rings (SSSR count). The van der Waals surface area contributed by atoms with Gasteiger partial charge in [0, 0.05) is 28.1 Å². The number of benzene rings is 2. The van der Waals surface area contributed by atoms with Crippen molar-refractivity contribution in [3.8, 4) is 0 Å². The highest BCUT2D eigenvalue weighted by molar-refractivity contribution is 8.00. The molecule has 0 N–H and O–H groups in total. The summed E-state index contributed by atoms with van der Waals surface area (Å²) in [5.74, 6) is 0. The zero-order valence-electron chi connectivity index (χ0n) is 15.6. The Hall–Kier alpha value is -2.46. The van der Waals surface area contributed by atoms with Crippen LogP contribution in [0.3, 0.4) is 0 Å². The van der Waals surface area contributed by atoms with Gasteiger partial charge in [0.1, 0.15) is 5.58 Å². The molecule has 10 heteroatoms. The van der Waals surface area contributed by atoms with E-state index in [9.17, 15) is 26.4 Å². The lowest BCUT2D eigenvalue weighted by atomic mass is 10.2. The molecule has 0 unspecified atom stereocenters. The van der Waals surface area contributed by atoms with Gasteiger partial charge in [-0.25, -0.2) is 13.2 Å². The minimum atomic E-state index is -4.59. The summed E-state index contributed by atoms with van der Waals surface area (Å²) in [4.78, 5) is 11.7. The Morgan fingerprint density at radius 3 is 2.60 bits per heavy atom. The van der Waals surface area contributed by atoms with Crippen LogP contribution in [0.2, 0.25) is 0 Å². The maximum Gasteiger partial charge on any atom is 0.416 e. The van der Waals surface area contributed by atoms with Crippen molar-refractivity contribution in [1.82, 2.24) is 0 Å². The number of anilines is 1. The van der Waals surface area contributed by atoms with Gasteiger partial charge in [-0.1, -0.05) is 6.92 Å². The molecular formula is C20H16F3NO4S2. The van der Waals surface area contributed by atoms with Crippen molar-refractivity contribution in [3.05, 3.63) is 64.5 Å². The third-order valence-corrected chi connectivity index (χ3v) is 7.85. The molecule has 1 aromatic heterocycles. The highest BCUT2D eigenvalue weighted by atomic mass is 32.2. The molecule has 3 aromatic rings. The van der Waals surface area contributed by atoms with Gasteiger partial charge >= 0.3 is 11.8 Å². The van der Waals surface area contributed by atoms with Crippen LogP contribution in [0.15, 0.2) is 67.5 Å². The maximum absolute atomic E-state index is 13.4. The first kappa shape index (κ1) is 20.8. The van der Waals surface area contributed by atoms with Crippen LogP contribution in [0.25, 0.3) is 11.0 Å². The molecule has 0 fully saturated rings. The summed E-state index contributed by atoms with van der Waals surface area (Å²) in [6.45, 7) is 1.95. The molecule has 0 amide bonds. The first-order valence-electron chi connectivity index (χ1n) is 9.00. The molecule has 2 heterocycles. The normalized spacial score (nSPS) is 17.6. The van der Waals surface area contributed by atoms with E-state index in [0.29, 0.717) is 16.7 Å². The van der Waals surface area contributed by atoms with Crippen molar-refractivity contribution in [1.29, 1.82) is 0 Å². The van der Waals surface area contributed by atoms with Gasteiger partial charge in [0.2, 0.25) is 0 Å². The summed E-state index contributed by atoms with van der Waals surface area (Å²) >= 11 is 1.35. The Labute approximate surface area is 174 Å². The number of fused-ring (bicyclic) bond motifs is 2. The fourth-order valence-corrected chi connectivity index (χ4v) is 5.95. The van der Waals surface area contributed by atoms with E-state index in [2.05, 4.69) is 0 Å². The van der Waals surface area contributed by atoms with Gasteiger partial charge in [-0.3, -0.25) is 4.31 Å². The van der Waals surface area contributed by atoms with Crippen molar-refractivity contribution in [2.45, 2.75) is 34.6 Å². The third-order valence-electron chi connectivity index (χ3n) is 4.80. The number of halogens is 3. The molecule has 0 bridgehead atoms. The van der Waals surface area contributed by atoms with Crippen LogP contribution in [0.5, 0.6) is 0 Å². The molecule has 158 valence electrons. The van der Waals surface area contributed by atoms with Crippen molar-refractivity contribution >= 4 is 38.4 Å². The smallest absolute Gasteiger partial charge is 0.416 e. The van der Waals surface area contributed by atoms with E-state index >= 15 is 0 Å². The van der Waals surface area contributed by atoms with Crippen LogP contribution in [0.1, 0.15) is 18.9 Å². The van der Waals surface area contributed by atoms with Gasteiger partial charge in [0.05, 0.1) is 16.1 Å². The van der Waals surface area contributed by atoms with Crippen molar-refractivity contribution in [2.24, 2.45) is 0 Å². The van der Waals surface area contributed by atoms with Gasteiger partial charge in [0.25, 0.3) is 10.0 Å². The molecule has 0 aliphatic carbocycles. The molecule has 0 saturated carbocycles. The minimum absolute atomic E-state index is 0.0128. The molecule has 1 aliphatic heterocycles. The van der Waals surface area contributed by atoms with Gasteiger partial charge in [-0.05, 0) is 48.9 Å². The van der Waals surface area contributed by atoms with E-state index in [1.165, 1.54) is 48.2 Å². The van der Waals surface area contributed by atoms with Crippen LogP contribution in [-0.2, 0) is 16.2 Å². The average Bonchev–Trinajstić information content (AvgIpc) is 2.84. The number of hydrogen-bond donors (Lipinski definition) is 0. The molecule has 0 spiro atoms. The number of sulfonamides is 1. The number of rotatable bonds is 2. The minimum Gasteiger partial charge on any atom is -0.423 e. The average molecular weight is 455 g/mol. The van der Waals surface area contributed by atoms with Crippen LogP contribution in [0.4, 0.5) is 18.9 Å². The Morgan fingerprint density at radius 1 is 1.10 bits per heavy atom. The van der Waals surface area contributed by atoms with Gasteiger partial charge in [-0.2, -0.15) is 13.2 Å². The van der Waals surface area contributed by atoms with Crippen LogP contribution in [0, 0.1) is 0 Å². The number of hydrogen-bond acceptors (Lipinski definition) is 5. The second-order valence-electron chi connectivity index (χ2n) is 6.93. The molecule has 30 heavy (non-hydrogen) atoms. The summed E-state index contributed by atoms with van der Waals surface area (Å²) in [5, 5.41) is 0.434. The first-order valence-corrected chi connectivity index (χ1v) is 11.3. The molecule has 0 radical (unpaired) electrons. The summed E-state index contributed by atoms with van der Waals surface area (Å²) in [5.41, 5.74) is -1.23. The zero-order valence-corrected chi connectivity index (χ0v) is 17.3.